The summed E-state index contributed by atoms with van der Waals surface area (Å²) >= 11 is 1.62. The number of fused-ring (bicyclic) bond motifs is 1. The summed E-state index contributed by atoms with van der Waals surface area (Å²) < 4.78 is 1.15. The molecule has 106 valence electrons. The number of aromatic nitrogens is 1. The fourth-order valence-electron chi connectivity index (χ4n) is 2.57. The van der Waals surface area contributed by atoms with Crippen molar-refractivity contribution in [3.63, 3.8) is 0 Å². The Balaban J connectivity index is 1.58. The molecule has 20 heavy (non-hydrogen) atoms. The highest BCUT2D eigenvalue weighted by Crippen LogP contribution is 2.21. The summed E-state index contributed by atoms with van der Waals surface area (Å²) in [5.41, 5.74) is 3.85. The molecule has 0 radical (unpaired) electrons. The summed E-state index contributed by atoms with van der Waals surface area (Å²) in [5.74, 6) is 0.205. The van der Waals surface area contributed by atoms with Crippen LogP contribution in [-0.2, 0) is 4.79 Å². The predicted molar refractivity (Wildman–Crippen MR) is 83.2 cm³/mol. The Labute approximate surface area is 122 Å². The van der Waals surface area contributed by atoms with Crippen molar-refractivity contribution in [2.24, 2.45) is 0 Å². The van der Waals surface area contributed by atoms with Crippen molar-refractivity contribution < 1.29 is 4.79 Å². The van der Waals surface area contributed by atoms with Crippen LogP contribution in [0.5, 0.6) is 0 Å². The highest BCUT2D eigenvalue weighted by atomic mass is 32.1. The summed E-state index contributed by atoms with van der Waals surface area (Å²) in [6.45, 7) is 2.20. The summed E-state index contributed by atoms with van der Waals surface area (Å²) in [6.07, 6.45) is 4.77. The van der Waals surface area contributed by atoms with Crippen molar-refractivity contribution in [2.45, 2.75) is 25.7 Å². The third kappa shape index (κ3) is 3.10. The minimum Gasteiger partial charge on any atom is -0.376 e. The molecule has 1 aliphatic rings. The zero-order valence-electron chi connectivity index (χ0n) is 11.5. The molecule has 2 heterocycles. The topological polar surface area (TPSA) is 45.2 Å². The average molecular weight is 289 g/mol. The van der Waals surface area contributed by atoms with Crippen molar-refractivity contribution >= 4 is 33.1 Å². The van der Waals surface area contributed by atoms with Gasteiger partial charge < -0.3 is 10.2 Å². The number of rotatable bonds is 3. The molecule has 0 bridgehead atoms. The molecule has 0 spiro atoms. The van der Waals surface area contributed by atoms with E-state index < -0.39 is 0 Å². The van der Waals surface area contributed by atoms with Gasteiger partial charge in [0.15, 0.2) is 0 Å². The SMILES string of the molecule is O=C(CNc1ccc2ncsc2c1)N1CCCCCC1. The van der Waals surface area contributed by atoms with Gasteiger partial charge in [0.1, 0.15) is 0 Å². The first-order valence-corrected chi connectivity index (χ1v) is 8.06. The smallest absolute Gasteiger partial charge is 0.241 e. The van der Waals surface area contributed by atoms with Crippen molar-refractivity contribution in [3.05, 3.63) is 23.7 Å². The lowest BCUT2D eigenvalue weighted by Gasteiger charge is -2.20. The highest BCUT2D eigenvalue weighted by Gasteiger charge is 2.14. The summed E-state index contributed by atoms with van der Waals surface area (Å²) in [4.78, 5) is 18.4. The van der Waals surface area contributed by atoms with Gasteiger partial charge in [-0.2, -0.15) is 0 Å². The van der Waals surface area contributed by atoms with Crippen LogP contribution in [0.25, 0.3) is 10.2 Å². The molecule has 1 N–H and O–H groups in total. The van der Waals surface area contributed by atoms with Gasteiger partial charge in [-0.25, -0.2) is 4.98 Å². The average Bonchev–Trinajstić information content (AvgIpc) is 2.76. The van der Waals surface area contributed by atoms with E-state index in [1.54, 1.807) is 11.3 Å². The van der Waals surface area contributed by atoms with Crippen LogP contribution in [0.3, 0.4) is 0 Å². The van der Waals surface area contributed by atoms with E-state index in [2.05, 4.69) is 16.4 Å². The number of anilines is 1. The van der Waals surface area contributed by atoms with Gasteiger partial charge in [0.2, 0.25) is 5.91 Å². The van der Waals surface area contributed by atoms with E-state index in [9.17, 15) is 4.79 Å². The lowest BCUT2D eigenvalue weighted by Crippen LogP contribution is -2.36. The molecule has 1 aromatic carbocycles. The van der Waals surface area contributed by atoms with Crippen LogP contribution in [-0.4, -0.2) is 35.4 Å². The van der Waals surface area contributed by atoms with Gasteiger partial charge in [-0.1, -0.05) is 12.8 Å². The third-order valence-electron chi connectivity index (χ3n) is 3.73. The second-order valence-corrected chi connectivity index (χ2v) is 6.07. The zero-order valence-corrected chi connectivity index (χ0v) is 12.3. The number of thiazole rings is 1. The fraction of sp³-hybridized carbons (Fsp3) is 0.467. The van der Waals surface area contributed by atoms with E-state index >= 15 is 0 Å². The van der Waals surface area contributed by atoms with Crippen LogP contribution < -0.4 is 5.32 Å². The summed E-state index contributed by atoms with van der Waals surface area (Å²) in [6, 6.07) is 6.03. The first-order valence-electron chi connectivity index (χ1n) is 7.18. The molecule has 0 unspecified atom stereocenters. The lowest BCUT2D eigenvalue weighted by molar-refractivity contribution is -0.129. The number of hydrogen-bond donors (Lipinski definition) is 1. The minimum absolute atomic E-state index is 0.205. The maximum atomic E-state index is 12.2. The summed E-state index contributed by atoms with van der Waals surface area (Å²) in [7, 11) is 0. The fourth-order valence-corrected chi connectivity index (χ4v) is 3.29. The molecule has 0 atom stereocenters. The third-order valence-corrected chi connectivity index (χ3v) is 4.53. The zero-order chi connectivity index (χ0) is 13.8. The number of nitrogens with zero attached hydrogens (tertiary/aromatic N) is 2. The van der Waals surface area contributed by atoms with E-state index in [0.717, 1.165) is 41.8 Å². The Hall–Kier alpha value is -1.62. The Bertz CT molecular complexity index is 588. The number of nitrogens with one attached hydrogen (secondary N) is 1. The number of carbonyl (C=O) groups is 1. The molecule has 0 aliphatic carbocycles. The normalized spacial score (nSPS) is 16.1. The molecular weight excluding hydrogens is 270 g/mol. The standard InChI is InChI=1S/C15H19N3OS/c19-15(18-7-3-1-2-4-8-18)10-16-12-5-6-13-14(9-12)20-11-17-13/h5-6,9,11,16H,1-4,7-8,10H2. The van der Waals surface area contributed by atoms with E-state index in [4.69, 9.17) is 0 Å². The van der Waals surface area contributed by atoms with Gasteiger partial charge in [-0.3, -0.25) is 4.79 Å². The molecule has 2 aromatic rings. The quantitative estimate of drug-likeness (QED) is 0.944. The predicted octanol–water partition coefficient (Wildman–Crippen LogP) is 3.11. The minimum atomic E-state index is 0.205. The molecule has 4 nitrogen and oxygen atoms in total. The van der Waals surface area contributed by atoms with E-state index in [1.807, 2.05) is 22.5 Å². The van der Waals surface area contributed by atoms with Crippen LogP contribution in [0.15, 0.2) is 23.7 Å². The second-order valence-electron chi connectivity index (χ2n) is 5.18. The van der Waals surface area contributed by atoms with Crippen molar-refractivity contribution in [1.29, 1.82) is 0 Å². The highest BCUT2D eigenvalue weighted by molar-refractivity contribution is 7.16. The van der Waals surface area contributed by atoms with Gasteiger partial charge in [0, 0.05) is 18.8 Å². The molecule has 1 amide bonds. The Kier molecular flexibility index (Phi) is 4.16. The van der Waals surface area contributed by atoms with E-state index in [0.29, 0.717) is 6.54 Å². The van der Waals surface area contributed by atoms with E-state index in [-0.39, 0.29) is 5.91 Å². The maximum Gasteiger partial charge on any atom is 0.241 e. The molecule has 0 saturated carbocycles. The monoisotopic (exact) mass is 289 g/mol. The van der Waals surface area contributed by atoms with Gasteiger partial charge in [-0.05, 0) is 31.0 Å². The Morgan fingerprint density at radius 2 is 2.05 bits per heavy atom. The number of hydrogen-bond acceptors (Lipinski definition) is 4. The van der Waals surface area contributed by atoms with Crippen LogP contribution in [0.1, 0.15) is 25.7 Å². The van der Waals surface area contributed by atoms with Crippen molar-refractivity contribution in [3.8, 4) is 0 Å². The lowest BCUT2D eigenvalue weighted by atomic mass is 10.2. The number of amides is 1. The number of benzene rings is 1. The van der Waals surface area contributed by atoms with Crippen molar-refractivity contribution in [2.75, 3.05) is 25.0 Å². The van der Waals surface area contributed by atoms with Gasteiger partial charge >= 0.3 is 0 Å². The number of carbonyl (C=O) groups excluding carboxylic acids is 1. The summed E-state index contributed by atoms with van der Waals surface area (Å²) in [5, 5.41) is 3.23. The maximum absolute atomic E-state index is 12.2. The molecule has 5 heteroatoms. The van der Waals surface area contributed by atoms with Crippen LogP contribution in [0.4, 0.5) is 5.69 Å². The molecule has 1 aromatic heterocycles. The van der Waals surface area contributed by atoms with Gasteiger partial charge in [0.25, 0.3) is 0 Å². The molecule has 1 aliphatic heterocycles. The van der Waals surface area contributed by atoms with Crippen molar-refractivity contribution in [1.82, 2.24) is 9.88 Å². The Morgan fingerprint density at radius 3 is 2.85 bits per heavy atom. The van der Waals surface area contributed by atoms with Crippen LogP contribution in [0.2, 0.25) is 0 Å². The van der Waals surface area contributed by atoms with E-state index in [1.165, 1.54) is 12.8 Å². The molecule has 3 rings (SSSR count). The first-order chi connectivity index (χ1) is 9.83. The molecule has 1 fully saturated rings. The molecule has 1 saturated heterocycles. The largest absolute Gasteiger partial charge is 0.376 e. The first kappa shape index (κ1) is 13.4. The Morgan fingerprint density at radius 1 is 1.25 bits per heavy atom. The van der Waals surface area contributed by atoms with Gasteiger partial charge in [0.05, 0.1) is 22.3 Å². The molecular formula is C15H19N3OS. The van der Waals surface area contributed by atoms with Crippen LogP contribution >= 0.6 is 11.3 Å². The second kappa shape index (κ2) is 6.22. The van der Waals surface area contributed by atoms with Gasteiger partial charge in [-0.15, -0.1) is 11.3 Å². The number of likely N-dealkylation sites (tertiary alicyclic amines) is 1. The van der Waals surface area contributed by atoms with Crippen LogP contribution in [0, 0.1) is 0 Å².